The second kappa shape index (κ2) is 8.78. The predicted molar refractivity (Wildman–Crippen MR) is 92.7 cm³/mol. The van der Waals surface area contributed by atoms with Gasteiger partial charge in [0.2, 0.25) is 5.91 Å². The highest BCUT2D eigenvalue weighted by atomic mass is 35.5. The van der Waals surface area contributed by atoms with Crippen molar-refractivity contribution in [2.75, 3.05) is 18.4 Å². The first-order valence-corrected chi connectivity index (χ1v) is 6.91. The van der Waals surface area contributed by atoms with Gasteiger partial charge in [0.1, 0.15) is 5.82 Å². The molecular formula is C15H20Cl2N4O. The summed E-state index contributed by atoms with van der Waals surface area (Å²) in [7, 11) is 0. The zero-order chi connectivity index (χ0) is 13.8. The summed E-state index contributed by atoms with van der Waals surface area (Å²) in [5, 5.41) is 6.05. The van der Waals surface area contributed by atoms with E-state index in [0.29, 0.717) is 6.54 Å². The average molecular weight is 343 g/mol. The number of aromatic nitrogens is 2. The van der Waals surface area contributed by atoms with Crippen molar-refractivity contribution in [1.29, 1.82) is 0 Å². The Kier molecular flexibility index (Phi) is 7.38. The monoisotopic (exact) mass is 342 g/mol. The van der Waals surface area contributed by atoms with Crippen LogP contribution < -0.4 is 10.6 Å². The predicted octanol–water partition coefficient (Wildman–Crippen LogP) is 2.86. The number of anilines is 1. The van der Waals surface area contributed by atoms with Crippen molar-refractivity contribution < 1.29 is 4.79 Å². The standard InChI is InChI=1S/C15H18N4O.2ClH/c20-14(10-16-9-11-1-2-11)19-13-5-3-12(4-6-13)15-17-7-8-18-15;;/h3-8,11,16H,1-2,9-10H2,(H,17,18)(H,19,20);2*1H. The van der Waals surface area contributed by atoms with Crippen molar-refractivity contribution in [2.45, 2.75) is 12.8 Å². The van der Waals surface area contributed by atoms with Gasteiger partial charge in [-0.1, -0.05) is 0 Å². The summed E-state index contributed by atoms with van der Waals surface area (Å²) in [6.07, 6.45) is 6.10. The second-order valence-corrected chi connectivity index (χ2v) is 5.14. The fraction of sp³-hybridized carbons (Fsp3) is 0.333. The number of benzene rings is 1. The SMILES string of the molecule is Cl.Cl.O=C(CNCC1CC1)Nc1ccc(-c2ncc[nH]2)cc1. The molecule has 0 unspecified atom stereocenters. The van der Waals surface area contributed by atoms with Crippen LogP contribution >= 0.6 is 24.8 Å². The van der Waals surface area contributed by atoms with E-state index in [-0.39, 0.29) is 30.7 Å². The van der Waals surface area contributed by atoms with Gasteiger partial charge in [0.15, 0.2) is 0 Å². The number of imidazole rings is 1. The van der Waals surface area contributed by atoms with Crippen molar-refractivity contribution >= 4 is 36.4 Å². The fourth-order valence-electron chi connectivity index (χ4n) is 2.05. The molecule has 1 heterocycles. The van der Waals surface area contributed by atoms with Gasteiger partial charge in [-0.2, -0.15) is 0 Å². The Balaban J connectivity index is 0.00000121. The number of carbonyl (C=O) groups excluding carboxylic acids is 1. The normalized spacial score (nSPS) is 12.9. The number of H-pyrrole nitrogens is 1. The molecule has 0 radical (unpaired) electrons. The van der Waals surface area contributed by atoms with Gasteiger partial charge >= 0.3 is 0 Å². The van der Waals surface area contributed by atoms with Crippen molar-refractivity contribution in [1.82, 2.24) is 15.3 Å². The maximum Gasteiger partial charge on any atom is 0.238 e. The molecule has 0 saturated heterocycles. The highest BCUT2D eigenvalue weighted by Gasteiger charge is 2.20. The first kappa shape index (κ1) is 18.5. The van der Waals surface area contributed by atoms with Crippen molar-refractivity contribution in [3.05, 3.63) is 36.7 Å². The number of amides is 1. The van der Waals surface area contributed by atoms with Crippen LogP contribution in [-0.2, 0) is 4.79 Å². The molecule has 7 heteroatoms. The molecule has 1 fully saturated rings. The molecule has 1 aromatic carbocycles. The van der Waals surface area contributed by atoms with Crippen LogP contribution in [0.1, 0.15) is 12.8 Å². The molecule has 1 aromatic heterocycles. The highest BCUT2D eigenvalue weighted by Crippen LogP contribution is 2.27. The Hall–Kier alpha value is -1.56. The number of nitrogens with one attached hydrogen (secondary N) is 3. The Morgan fingerprint density at radius 1 is 1.23 bits per heavy atom. The van der Waals surface area contributed by atoms with E-state index >= 15 is 0 Å². The lowest BCUT2D eigenvalue weighted by atomic mass is 10.2. The average Bonchev–Trinajstić information content (AvgIpc) is 3.11. The minimum Gasteiger partial charge on any atom is -0.345 e. The number of hydrogen-bond donors (Lipinski definition) is 3. The Bertz CT molecular complexity index is 568. The Labute approximate surface area is 142 Å². The van der Waals surface area contributed by atoms with Crippen molar-refractivity contribution in [3.63, 3.8) is 0 Å². The van der Waals surface area contributed by atoms with Crippen molar-refractivity contribution in [2.24, 2.45) is 5.92 Å². The minimum absolute atomic E-state index is 0. The van der Waals surface area contributed by atoms with Gasteiger partial charge in [0.05, 0.1) is 6.54 Å². The fourth-order valence-corrected chi connectivity index (χ4v) is 2.05. The lowest BCUT2D eigenvalue weighted by molar-refractivity contribution is -0.115. The van der Waals surface area contributed by atoms with Gasteiger partial charge in [-0.3, -0.25) is 4.79 Å². The third-order valence-corrected chi connectivity index (χ3v) is 3.36. The van der Waals surface area contributed by atoms with Crippen LogP contribution in [0, 0.1) is 5.92 Å². The first-order valence-electron chi connectivity index (χ1n) is 6.91. The molecule has 0 aliphatic heterocycles. The summed E-state index contributed by atoms with van der Waals surface area (Å²) in [6.45, 7) is 1.32. The largest absolute Gasteiger partial charge is 0.345 e. The third-order valence-electron chi connectivity index (χ3n) is 3.36. The second-order valence-electron chi connectivity index (χ2n) is 5.14. The molecule has 22 heavy (non-hydrogen) atoms. The van der Waals surface area contributed by atoms with Crippen LogP contribution in [0.5, 0.6) is 0 Å². The van der Waals surface area contributed by atoms with Gasteiger partial charge in [0.25, 0.3) is 0 Å². The number of halogens is 2. The number of nitrogens with zero attached hydrogens (tertiary/aromatic N) is 1. The summed E-state index contributed by atoms with van der Waals surface area (Å²) in [6, 6.07) is 7.64. The molecule has 0 atom stereocenters. The zero-order valence-corrected chi connectivity index (χ0v) is 13.7. The quantitative estimate of drug-likeness (QED) is 0.755. The molecule has 5 nitrogen and oxygen atoms in total. The smallest absolute Gasteiger partial charge is 0.238 e. The van der Waals surface area contributed by atoms with Crippen molar-refractivity contribution in [3.8, 4) is 11.4 Å². The lowest BCUT2D eigenvalue weighted by Crippen LogP contribution is -2.29. The third kappa shape index (κ3) is 5.33. The molecule has 0 bridgehead atoms. The molecule has 2 aromatic rings. The Morgan fingerprint density at radius 3 is 2.55 bits per heavy atom. The van der Waals surface area contributed by atoms with E-state index in [4.69, 9.17) is 0 Å². The summed E-state index contributed by atoms with van der Waals surface area (Å²) in [5.41, 5.74) is 1.80. The molecule has 1 saturated carbocycles. The molecule has 1 amide bonds. The lowest BCUT2D eigenvalue weighted by Gasteiger charge is -2.07. The van der Waals surface area contributed by atoms with E-state index in [1.807, 2.05) is 24.3 Å². The number of aromatic amines is 1. The van der Waals surface area contributed by atoms with Crippen LogP contribution in [0.2, 0.25) is 0 Å². The van der Waals surface area contributed by atoms with E-state index in [1.54, 1.807) is 12.4 Å². The Morgan fingerprint density at radius 2 is 1.95 bits per heavy atom. The summed E-state index contributed by atoms with van der Waals surface area (Å²) < 4.78 is 0. The molecule has 1 aliphatic rings. The summed E-state index contributed by atoms with van der Waals surface area (Å²) in [4.78, 5) is 19.0. The summed E-state index contributed by atoms with van der Waals surface area (Å²) >= 11 is 0. The molecule has 3 rings (SSSR count). The van der Waals surface area contributed by atoms with E-state index in [0.717, 1.165) is 29.5 Å². The maximum atomic E-state index is 11.7. The molecule has 0 spiro atoms. The van der Waals surface area contributed by atoms with Gasteiger partial charge in [-0.25, -0.2) is 4.98 Å². The van der Waals surface area contributed by atoms with Gasteiger partial charge in [-0.15, -0.1) is 24.8 Å². The molecule has 3 N–H and O–H groups in total. The van der Waals surface area contributed by atoms with Crippen LogP contribution in [0.15, 0.2) is 36.7 Å². The number of hydrogen-bond acceptors (Lipinski definition) is 3. The highest BCUT2D eigenvalue weighted by molar-refractivity contribution is 5.92. The van der Waals surface area contributed by atoms with E-state index in [9.17, 15) is 4.79 Å². The van der Waals surface area contributed by atoms with E-state index in [2.05, 4.69) is 20.6 Å². The minimum atomic E-state index is -0.00333. The summed E-state index contributed by atoms with van der Waals surface area (Å²) in [5.74, 6) is 1.61. The van der Waals surface area contributed by atoms with Gasteiger partial charge in [-0.05, 0) is 49.6 Å². The van der Waals surface area contributed by atoms with Crippen LogP contribution in [0.3, 0.4) is 0 Å². The van der Waals surface area contributed by atoms with Crippen LogP contribution in [-0.4, -0.2) is 29.0 Å². The van der Waals surface area contributed by atoms with E-state index in [1.165, 1.54) is 12.8 Å². The number of rotatable bonds is 6. The first-order chi connectivity index (χ1) is 9.81. The molecular weight excluding hydrogens is 323 g/mol. The molecule has 1 aliphatic carbocycles. The maximum absolute atomic E-state index is 11.7. The van der Waals surface area contributed by atoms with Gasteiger partial charge < -0.3 is 15.6 Å². The van der Waals surface area contributed by atoms with E-state index < -0.39 is 0 Å². The number of carbonyl (C=O) groups is 1. The van der Waals surface area contributed by atoms with Gasteiger partial charge in [0, 0.05) is 23.6 Å². The van der Waals surface area contributed by atoms with Crippen LogP contribution in [0.4, 0.5) is 5.69 Å². The van der Waals surface area contributed by atoms with Crippen LogP contribution in [0.25, 0.3) is 11.4 Å². The zero-order valence-electron chi connectivity index (χ0n) is 12.0. The molecule has 120 valence electrons. The topological polar surface area (TPSA) is 69.8 Å².